The van der Waals surface area contributed by atoms with Crippen molar-refractivity contribution in [2.75, 3.05) is 19.5 Å². The van der Waals surface area contributed by atoms with E-state index in [0.717, 1.165) is 4.47 Å². The molecular formula is C11H10BrN3O3S. The lowest BCUT2D eigenvalue weighted by Gasteiger charge is -2.07. The quantitative estimate of drug-likeness (QED) is 0.923. The highest BCUT2D eigenvalue weighted by molar-refractivity contribution is 9.10. The Kier molecular flexibility index (Phi) is 4.33. The molecule has 0 radical (unpaired) electrons. The van der Waals surface area contributed by atoms with Crippen molar-refractivity contribution < 1.29 is 14.3 Å². The molecule has 0 unspecified atom stereocenters. The first-order valence-corrected chi connectivity index (χ1v) is 6.82. The van der Waals surface area contributed by atoms with Crippen LogP contribution >= 0.6 is 27.3 Å². The number of rotatable bonds is 4. The highest BCUT2D eigenvalue weighted by Crippen LogP contribution is 2.24. The number of carbonyl (C=O) groups is 1. The van der Waals surface area contributed by atoms with E-state index in [4.69, 9.17) is 9.47 Å². The molecule has 0 aliphatic heterocycles. The lowest BCUT2D eigenvalue weighted by molar-refractivity contribution is 0.102. The van der Waals surface area contributed by atoms with E-state index >= 15 is 0 Å². The first-order valence-electron chi connectivity index (χ1n) is 5.15. The summed E-state index contributed by atoms with van der Waals surface area (Å²) in [7, 11) is 2.95. The molecule has 1 N–H and O–H groups in total. The first kappa shape index (κ1) is 13.8. The second-order valence-corrected chi connectivity index (χ2v) is 5.10. The Morgan fingerprint density at radius 3 is 2.42 bits per heavy atom. The van der Waals surface area contributed by atoms with E-state index < -0.39 is 0 Å². The van der Waals surface area contributed by atoms with E-state index in [1.807, 2.05) is 5.38 Å². The average molecular weight is 344 g/mol. The van der Waals surface area contributed by atoms with Gasteiger partial charge < -0.3 is 9.47 Å². The number of anilines is 1. The van der Waals surface area contributed by atoms with Gasteiger partial charge in [0.15, 0.2) is 0 Å². The fraction of sp³-hybridized carbons (Fsp3) is 0.182. The van der Waals surface area contributed by atoms with Crippen LogP contribution in [0.4, 0.5) is 5.95 Å². The van der Waals surface area contributed by atoms with Crippen molar-refractivity contribution in [2.45, 2.75) is 0 Å². The number of ether oxygens (including phenoxy) is 2. The van der Waals surface area contributed by atoms with Gasteiger partial charge in [0.25, 0.3) is 5.91 Å². The molecule has 6 nitrogen and oxygen atoms in total. The van der Waals surface area contributed by atoms with E-state index in [1.54, 1.807) is 6.07 Å². The smallest absolute Gasteiger partial charge is 0.269 e. The minimum absolute atomic E-state index is 0.126. The molecule has 0 saturated carbocycles. The van der Waals surface area contributed by atoms with Gasteiger partial charge in [-0.15, -0.1) is 11.3 Å². The Bertz CT molecular complexity index is 580. The maximum atomic E-state index is 12.0. The molecule has 0 aliphatic carbocycles. The summed E-state index contributed by atoms with van der Waals surface area (Å²) in [6, 6.07) is 3.32. The van der Waals surface area contributed by atoms with Gasteiger partial charge in [-0.25, -0.2) is 0 Å². The maximum absolute atomic E-state index is 12.0. The normalized spacial score (nSPS) is 10.1. The van der Waals surface area contributed by atoms with Crippen LogP contribution in [-0.4, -0.2) is 30.1 Å². The highest BCUT2D eigenvalue weighted by Gasteiger charge is 2.14. The van der Waals surface area contributed by atoms with Gasteiger partial charge in [0.1, 0.15) is 4.88 Å². The van der Waals surface area contributed by atoms with Crippen LogP contribution in [0.5, 0.6) is 11.8 Å². The number of nitrogens with one attached hydrogen (secondary N) is 1. The molecule has 2 rings (SSSR count). The molecule has 0 aliphatic rings. The summed E-state index contributed by atoms with van der Waals surface area (Å²) >= 11 is 4.62. The van der Waals surface area contributed by atoms with Crippen LogP contribution in [0.1, 0.15) is 9.67 Å². The Balaban J connectivity index is 2.23. The van der Waals surface area contributed by atoms with Crippen LogP contribution < -0.4 is 14.8 Å². The predicted molar refractivity (Wildman–Crippen MR) is 75.1 cm³/mol. The number of halogens is 1. The van der Waals surface area contributed by atoms with Gasteiger partial charge in [0.2, 0.25) is 17.7 Å². The second-order valence-electron chi connectivity index (χ2n) is 3.33. The third-order valence-electron chi connectivity index (χ3n) is 2.15. The number of amides is 1. The van der Waals surface area contributed by atoms with E-state index in [9.17, 15) is 4.79 Å². The zero-order chi connectivity index (χ0) is 13.8. The third kappa shape index (κ3) is 3.21. The zero-order valence-electron chi connectivity index (χ0n) is 10.1. The SMILES string of the molecule is COc1cc(OC)nc(NC(=O)c2sccc2Br)n1. The molecule has 0 saturated heterocycles. The van der Waals surface area contributed by atoms with Crippen LogP contribution in [-0.2, 0) is 0 Å². The van der Waals surface area contributed by atoms with Crippen molar-refractivity contribution in [2.24, 2.45) is 0 Å². The second kappa shape index (κ2) is 5.98. The van der Waals surface area contributed by atoms with Crippen molar-refractivity contribution in [3.05, 3.63) is 26.9 Å². The predicted octanol–water partition coefficient (Wildman–Crippen LogP) is 2.57. The van der Waals surface area contributed by atoms with Gasteiger partial charge in [-0.3, -0.25) is 10.1 Å². The number of hydrogen-bond acceptors (Lipinski definition) is 6. The van der Waals surface area contributed by atoms with E-state index in [-0.39, 0.29) is 11.9 Å². The van der Waals surface area contributed by atoms with Gasteiger partial charge in [-0.05, 0) is 27.4 Å². The summed E-state index contributed by atoms with van der Waals surface area (Å²) in [4.78, 5) is 20.6. The number of hydrogen-bond donors (Lipinski definition) is 1. The van der Waals surface area contributed by atoms with E-state index in [1.165, 1.54) is 31.6 Å². The summed E-state index contributed by atoms with van der Waals surface area (Å²) in [5, 5.41) is 4.41. The Labute approximate surface area is 121 Å². The number of methoxy groups -OCH3 is 2. The molecule has 0 spiro atoms. The summed E-state index contributed by atoms with van der Waals surface area (Å²) in [6.45, 7) is 0. The average Bonchev–Trinajstić information content (AvgIpc) is 2.84. The summed E-state index contributed by atoms with van der Waals surface area (Å²) in [6.07, 6.45) is 0. The standard InChI is InChI=1S/C11H10BrN3O3S/c1-17-7-5-8(18-2)14-11(13-7)15-10(16)9-6(12)3-4-19-9/h3-5H,1-2H3,(H,13,14,15,16). The van der Waals surface area contributed by atoms with Crippen LogP contribution in [0.2, 0.25) is 0 Å². The fourth-order valence-corrected chi connectivity index (χ4v) is 2.73. The van der Waals surface area contributed by atoms with Gasteiger partial charge in [0.05, 0.1) is 20.3 Å². The van der Waals surface area contributed by atoms with Crippen molar-refractivity contribution >= 4 is 39.1 Å². The highest BCUT2D eigenvalue weighted by atomic mass is 79.9. The molecule has 0 aromatic carbocycles. The molecule has 0 fully saturated rings. The minimum Gasteiger partial charge on any atom is -0.481 e. The third-order valence-corrected chi connectivity index (χ3v) is 3.98. The van der Waals surface area contributed by atoms with Crippen LogP contribution in [0.25, 0.3) is 0 Å². The van der Waals surface area contributed by atoms with Crippen LogP contribution in [0.15, 0.2) is 22.0 Å². The van der Waals surface area contributed by atoms with Crippen molar-refractivity contribution in [1.29, 1.82) is 0 Å². The van der Waals surface area contributed by atoms with Gasteiger partial charge in [-0.1, -0.05) is 0 Å². The van der Waals surface area contributed by atoms with E-state index in [2.05, 4.69) is 31.2 Å². The molecule has 19 heavy (non-hydrogen) atoms. The lowest BCUT2D eigenvalue weighted by atomic mass is 10.4. The molecule has 2 heterocycles. The van der Waals surface area contributed by atoms with Gasteiger partial charge in [-0.2, -0.15) is 9.97 Å². The number of thiophene rings is 1. The summed E-state index contributed by atoms with van der Waals surface area (Å²) < 4.78 is 10.7. The zero-order valence-corrected chi connectivity index (χ0v) is 12.5. The molecule has 1 amide bonds. The number of carbonyl (C=O) groups excluding carboxylic acids is 1. The van der Waals surface area contributed by atoms with Crippen molar-refractivity contribution in [3.63, 3.8) is 0 Å². The monoisotopic (exact) mass is 343 g/mol. The lowest BCUT2D eigenvalue weighted by Crippen LogP contribution is -2.13. The first-order chi connectivity index (χ1) is 9.13. The van der Waals surface area contributed by atoms with Crippen molar-refractivity contribution in [1.82, 2.24) is 9.97 Å². The topological polar surface area (TPSA) is 73.3 Å². The molecule has 0 atom stereocenters. The van der Waals surface area contributed by atoms with Crippen molar-refractivity contribution in [3.8, 4) is 11.8 Å². The number of nitrogens with zero attached hydrogens (tertiary/aromatic N) is 2. The molecule has 100 valence electrons. The Morgan fingerprint density at radius 2 is 1.95 bits per heavy atom. The minimum atomic E-state index is -0.294. The van der Waals surface area contributed by atoms with Crippen LogP contribution in [0, 0.1) is 0 Å². The Hall–Kier alpha value is -1.67. The summed E-state index contributed by atoms with van der Waals surface area (Å²) in [5.74, 6) is 0.457. The molecular weight excluding hydrogens is 334 g/mol. The van der Waals surface area contributed by atoms with Crippen LogP contribution in [0.3, 0.4) is 0 Å². The van der Waals surface area contributed by atoms with Gasteiger partial charge >= 0.3 is 0 Å². The van der Waals surface area contributed by atoms with Gasteiger partial charge in [0, 0.05) is 4.47 Å². The summed E-state index contributed by atoms with van der Waals surface area (Å²) in [5.41, 5.74) is 0. The van der Waals surface area contributed by atoms with E-state index in [0.29, 0.717) is 16.6 Å². The molecule has 2 aromatic rings. The molecule has 0 bridgehead atoms. The fourth-order valence-electron chi connectivity index (χ4n) is 1.28. The molecule has 2 aromatic heterocycles. The molecule has 8 heteroatoms. The Morgan fingerprint density at radius 1 is 1.32 bits per heavy atom. The largest absolute Gasteiger partial charge is 0.481 e. The maximum Gasteiger partial charge on any atom is 0.269 e. The number of aromatic nitrogens is 2.